The molecule has 110 valence electrons. The number of rotatable bonds is 3. The van der Waals surface area contributed by atoms with Gasteiger partial charge in [0, 0.05) is 18.1 Å². The minimum atomic E-state index is 0.705. The van der Waals surface area contributed by atoms with Crippen molar-refractivity contribution in [1.82, 2.24) is 20.3 Å². The number of nitrogens with zero attached hydrogens (tertiary/aromatic N) is 3. The van der Waals surface area contributed by atoms with Gasteiger partial charge in [-0.1, -0.05) is 6.07 Å². The van der Waals surface area contributed by atoms with Gasteiger partial charge in [-0.2, -0.15) is 0 Å². The van der Waals surface area contributed by atoms with Crippen molar-refractivity contribution in [3.05, 3.63) is 40.8 Å². The van der Waals surface area contributed by atoms with Crippen LogP contribution >= 0.6 is 0 Å². The first-order valence-corrected chi connectivity index (χ1v) is 7.60. The van der Waals surface area contributed by atoms with E-state index in [9.17, 15) is 0 Å². The molecule has 0 fully saturated rings. The number of hydrogen-bond acceptors (Lipinski definition) is 4. The van der Waals surface area contributed by atoms with Crippen LogP contribution < -0.4 is 5.32 Å². The second-order valence-corrected chi connectivity index (χ2v) is 6.01. The van der Waals surface area contributed by atoms with E-state index in [-0.39, 0.29) is 0 Å². The number of nitrogens with one attached hydrogen (secondary N) is 1. The van der Waals surface area contributed by atoms with E-state index in [1.54, 1.807) is 0 Å². The largest absolute Gasteiger partial charge is 0.319 e. The fourth-order valence-electron chi connectivity index (χ4n) is 3.11. The first-order chi connectivity index (χ1) is 10.2. The minimum absolute atomic E-state index is 0.705. The highest BCUT2D eigenvalue weighted by Gasteiger charge is 2.20. The molecule has 0 saturated carbocycles. The van der Waals surface area contributed by atoms with Crippen LogP contribution in [0.25, 0.3) is 11.5 Å². The average Bonchev–Trinajstić information content (AvgIpc) is 2.47. The van der Waals surface area contributed by atoms with Crippen molar-refractivity contribution in [3.8, 4) is 11.5 Å². The lowest BCUT2D eigenvalue weighted by Crippen LogP contribution is -2.25. The molecule has 2 aromatic heterocycles. The minimum Gasteiger partial charge on any atom is -0.319 e. The van der Waals surface area contributed by atoms with Crippen LogP contribution in [0.5, 0.6) is 0 Å². The average molecular weight is 282 g/mol. The summed E-state index contributed by atoms with van der Waals surface area (Å²) >= 11 is 0. The highest BCUT2D eigenvalue weighted by atomic mass is 14.9. The number of fused-ring (bicyclic) bond motifs is 1. The summed E-state index contributed by atoms with van der Waals surface area (Å²) in [6.07, 6.45) is 7.21. The Bertz CT molecular complexity index is 651. The molecule has 21 heavy (non-hydrogen) atoms. The third-order valence-corrected chi connectivity index (χ3v) is 4.17. The highest BCUT2D eigenvalue weighted by molar-refractivity contribution is 5.55. The van der Waals surface area contributed by atoms with Crippen molar-refractivity contribution >= 4 is 0 Å². The summed E-state index contributed by atoms with van der Waals surface area (Å²) in [5.41, 5.74) is 5.72. The topological polar surface area (TPSA) is 50.7 Å². The summed E-state index contributed by atoms with van der Waals surface area (Å²) in [7, 11) is 2.01. The summed E-state index contributed by atoms with van der Waals surface area (Å²) in [5.74, 6) is 1.47. The standard InChI is InChI=1S/C17H22N4/c1-11-6-12(2)16(19-8-11)17-20-10-14-7-13(9-18-3)4-5-15(14)21-17/h6,8,10,13,18H,4-5,7,9H2,1-3H3. The van der Waals surface area contributed by atoms with Gasteiger partial charge in [-0.15, -0.1) is 0 Å². The van der Waals surface area contributed by atoms with E-state index in [1.165, 1.54) is 23.2 Å². The van der Waals surface area contributed by atoms with Crippen LogP contribution in [0.1, 0.15) is 28.8 Å². The van der Waals surface area contributed by atoms with Gasteiger partial charge in [0.05, 0.1) is 0 Å². The lowest BCUT2D eigenvalue weighted by atomic mass is 9.87. The van der Waals surface area contributed by atoms with Crippen LogP contribution in [0.2, 0.25) is 0 Å². The number of aryl methyl sites for hydroxylation is 3. The molecule has 4 heteroatoms. The predicted octanol–water partition coefficient (Wildman–Crippen LogP) is 2.48. The normalized spacial score (nSPS) is 17.6. The molecule has 2 aromatic rings. The van der Waals surface area contributed by atoms with Gasteiger partial charge in [-0.25, -0.2) is 9.97 Å². The molecular weight excluding hydrogens is 260 g/mol. The third-order valence-electron chi connectivity index (χ3n) is 4.17. The monoisotopic (exact) mass is 282 g/mol. The fraction of sp³-hybridized carbons (Fsp3) is 0.471. The Morgan fingerprint density at radius 3 is 2.86 bits per heavy atom. The first kappa shape index (κ1) is 14.1. The molecular formula is C17H22N4. The highest BCUT2D eigenvalue weighted by Crippen LogP contribution is 2.26. The van der Waals surface area contributed by atoms with E-state index in [2.05, 4.69) is 35.2 Å². The van der Waals surface area contributed by atoms with Crippen molar-refractivity contribution in [2.75, 3.05) is 13.6 Å². The molecule has 2 heterocycles. The summed E-state index contributed by atoms with van der Waals surface area (Å²) in [5, 5.41) is 3.27. The Morgan fingerprint density at radius 2 is 2.10 bits per heavy atom. The molecule has 0 bridgehead atoms. The van der Waals surface area contributed by atoms with Crippen molar-refractivity contribution < 1.29 is 0 Å². The van der Waals surface area contributed by atoms with Gasteiger partial charge in [0.1, 0.15) is 5.69 Å². The van der Waals surface area contributed by atoms with Crippen molar-refractivity contribution in [3.63, 3.8) is 0 Å². The predicted molar refractivity (Wildman–Crippen MR) is 84.2 cm³/mol. The second-order valence-electron chi connectivity index (χ2n) is 6.01. The van der Waals surface area contributed by atoms with Crippen LogP contribution in [0.3, 0.4) is 0 Å². The molecule has 1 aliphatic rings. The molecule has 0 radical (unpaired) electrons. The van der Waals surface area contributed by atoms with Crippen LogP contribution in [0, 0.1) is 19.8 Å². The summed E-state index contributed by atoms with van der Waals surface area (Å²) < 4.78 is 0. The lowest BCUT2D eigenvalue weighted by molar-refractivity contribution is 0.434. The Balaban J connectivity index is 1.90. The van der Waals surface area contributed by atoms with Gasteiger partial charge >= 0.3 is 0 Å². The summed E-state index contributed by atoms with van der Waals surface area (Å²) in [6.45, 7) is 5.19. The van der Waals surface area contributed by atoms with Gasteiger partial charge in [0.15, 0.2) is 5.82 Å². The van der Waals surface area contributed by atoms with Crippen molar-refractivity contribution in [1.29, 1.82) is 0 Å². The Labute approximate surface area is 126 Å². The molecule has 0 aliphatic heterocycles. The molecule has 0 aromatic carbocycles. The molecule has 1 unspecified atom stereocenters. The van der Waals surface area contributed by atoms with Gasteiger partial charge in [0.25, 0.3) is 0 Å². The third kappa shape index (κ3) is 2.95. The summed E-state index contributed by atoms with van der Waals surface area (Å²) in [6, 6.07) is 2.13. The van der Waals surface area contributed by atoms with Gasteiger partial charge in [-0.3, -0.25) is 4.98 Å². The van der Waals surface area contributed by atoms with E-state index >= 15 is 0 Å². The molecule has 3 rings (SSSR count). The summed E-state index contributed by atoms with van der Waals surface area (Å²) in [4.78, 5) is 13.8. The van der Waals surface area contributed by atoms with E-state index < -0.39 is 0 Å². The quantitative estimate of drug-likeness (QED) is 0.939. The zero-order valence-corrected chi connectivity index (χ0v) is 13.0. The second kappa shape index (κ2) is 5.90. The maximum atomic E-state index is 4.77. The van der Waals surface area contributed by atoms with Gasteiger partial charge in [-0.05, 0) is 69.3 Å². The maximum Gasteiger partial charge on any atom is 0.178 e. The van der Waals surface area contributed by atoms with E-state index in [0.29, 0.717) is 5.92 Å². The van der Waals surface area contributed by atoms with Gasteiger partial charge in [0.2, 0.25) is 0 Å². The Morgan fingerprint density at radius 1 is 1.24 bits per heavy atom. The van der Waals surface area contributed by atoms with Crippen LogP contribution in [0.15, 0.2) is 18.5 Å². The first-order valence-electron chi connectivity index (χ1n) is 7.60. The van der Waals surface area contributed by atoms with E-state index in [4.69, 9.17) is 4.98 Å². The smallest absolute Gasteiger partial charge is 0.178 e. The van der Waals surface area contributed by atoms with Crippen LogP contribution in [-0.4, -0.2) is 28.5 Å². The maximum absolute atomic E-state index is 4.77. The Kier molecular flexibility index (Phi) is 3.97. The molecule has 1 aliphatic carbocycles. The van der Waals surface area contributed by atoms with Crippen LogP contribution in [-0.2, 0) is 12.8 Å². The number of aromatic nitrogens is 3. The zero-order chi connectivity index (χ0) is 14.8. The molecule has 0 amide bonds. The van der Waals surface area contributed by atoms with Crippen LogP contribution in [0.4, 0.5) is 0 Å². The zero-order valence-electron chi connectivity index (χ0n) is 13.0. The van der Waals surface area contributed by atoms with E-state index in [1.807, 2.05) is 19.4 Å². The lowest BCUT2D eigenvalue weighted by Gasteiger charge is -2.23. The van der Waals surface area contributed by atoms with E-state index in [0.717, 1.165) is 36.5 Å². The number of pyridine rings is 1. The Hall–Kier alpha value is -1.81. The molecule has 4 nitrogen and oxygen atoms in total. The SMILES string of the molecule is CNCC1CCc2nc(-c3ncc(C)cc3C)ncc2C1. The molecule has 0 saturated heterocycles. The van der Waals surface area contributed by atoms with Crippen molar-refractivity contribution in [2.45, 2.75) is 33.1 Å². The van der Waals surface area contributed by atoms with Crippen molar-refractivity contribution in [2.24, 2.45) is 5.92 Å². The molecule has 1 N–H and O–H groups in total. The number of hydrogen-bond donors (Lipinski definition) is 1. The molecule has 1 atom stereocenters. The fourth-order valence-corrected chi connectivity index (χ4v) is 3.11. The van der Waals surface area contributed by atoms with Gasteiger partial charge < -0.3 is 5.32 Å². The molecule has 0 spiro atoms.